The van der Waals surface area contributed by atoms with E-state index in [9.17, 15) is 23.9 Å². The molecule has 3 aromatic carbocycles. The van der Waals surface area contributed by atoms with Gasteiger partial charge in [0, 0.05) is 19.5 Å². The molecule has 0 radical (unpaired) electrons. The van der Waals surface area contributed by atoms with Gasteiger partial charge in [0.25, 0.3) is 0 Å². The first-order valence-corrected chi connectivity index (χ1v) is 15.2. The van der Waals surface area contributed by atoms with Gasteiger partial charge in [-0.25, -0.2) is 4.39 Å². The lowest BCUT2D eigenvalue weighted by atomic mass is 9.94. The van der Waals surface area contributed by atoms with Crippen LogP contribution in [0.15, 0.2) is 97.1 Å². The van der Waals surface area contributed by atoms with E-state index in [1.807, 2.05) is 72.8 Å². The van der Waals surface area contributed by atoms with E-state index in [0.29, 0.717) is 38.6 Å². The zero-order valence-corrected chi connectivity index (χ0v) is 24.9. The number of amides is 2. The molecule has 44 heavy (non-hydrogen) atoms. The highest BCUT2D eigenvalue weighted by Crippen LogP contribution is 2.20. The number of benzene rings is 3. The van der Waals surface area contributed by atoms with Crippen molar-refractivity contribution < 1.29 is 28.6 Å². The molecule has 8 heteroatoms. The molecule has 0 aliphatic carbocycles. The number of esters is 1. The molecule has 1 aliphatic heterocycles. The van der Waals surface area contributed by atoms with Gasteiger partial charge in [-0.2, -0.15) is 0 Å². The third kappa shape index (κ3) is 10.5. The lowest BCUT2D eigenvalue weighted by molar-refractivity contribution is -0.150. The number of hydrogen-bond acceptors (Lipinski definition) is 5. The maximum absolute atomic E-state index is 13.7. The van der Waals surface area contributed by atoms with Crippen LogP contribution in [0.5, 0.6) is 0 Å². The van der Waals surface area contributed by atoms with Crippen molar-refractivity contribution in [2.24, 2.45) is 11.8 Å². The normalized spacial score (nSPS) is 20.3. The molecular formula is C36H41FN2O5. The summed E-state index contributed by atoms with van der Waals surface area (Å²) in [6.45, 7) is 0.309. The number of aliphatic hydroxyl groups is 1. The van der Waals surface area contributed by atoms with Gasteiger partial charge in [-0.3, -0.25) is 14.4 Å². The smallest absolute Gasteiger partial charge is 0.309 e. The molecule has 0 saturated carbocycles. The molecule has 2 amide bonds. The number of hydrogen-bond donors (Lipinski definition) is 2. The fourth-order valence-electron chi connectivity index (χ4n) is 5.39. The summed E-state index contributed by atoms with van der Waals surface area (Å²) in [4.78, 5) is 42.0. The SMILES string of the molecule is O=C1N[C@H](Cc2ccccc2)COC(=O)[C@H](Cc2ccc(F)cc2)CC/C=C/C[C@H]1CC(=O)N(CCO)Cc1ccccc1. The molecule has 0 fully saturated rings. The number of cyclic esters (lactones) is 1. The molecule has 0 aromatic heterocycles. The van der Waals surface area contributed by atoms with Gasteiger partial charge in [0.15, 0.2) is 0 Å². The van der Waals surface area contributed by atoms with Crippen molar-refractivity contribution in [1.29, 1.82) is 0 Å². The van der Waals surface area contributed by atoms with E-state index < -0.39 is 17.9 Å². The Kier molecular flexibility index (Phi) is 12.7. The zero-order chi connectivity index (χ0) is 31.1. The first-order chi connectivity index (χ1) is 21.4. The fraction of sp³-hybridized carbons (Fsp3) is 0.361. The van der Waals surface area contributed by atoms with E-state index in [-0.39, 0.29) is 49.8 Å². The molecule has 2 N–H and O–H groups in total. The quantitative estimate of drug-likeness (QED) is 0.252. The minimum Gasteiger partial charge on any atom is -0.463 e. The second-order valence-electron chi connectivity index (χ2n) is 11.3. The maximum atomic E-state index is 13.7. The number of nitrogens with zero attached hydrogens (tertiary/aromatic N) is 1. The number of allylic oxidation sites excluding steroid dienone is 2. The fourth-order valence-corrected chi connectivity index (χ4v) is 5.39. The number of carbonyl (C=O) groups excluding carboxylic acids is 3. The van der Waals surface area contributed by atoms with E-state index in [0.717, 1.165) is 16.7 Å². The van der Waals surface area contributed by atoms with Crippen LogP contribution in [0.3, 0.4) is 0 Å². The van der Waals surface area contributed by atoms with Crippen LogP contribution < -0.4 is 5.32 Å². The molecule has 3 atom stereocenters. The predicted molar refractivity (Wildman–Crippen MR) is 167 cm³/mol. The zero-order valence-electron chi connectivity index (χ0n) is 24.9. The summed E-state index contributed by atoms with van der Waals surface area (Å²) in [5.74, 6) is -2.26. The van der Waals surface area contributed by atoms with Gasteiger partial charge in [-0.1, -0.05) is 84.9 Å². The van der Waals surface area contributed by atoms with E-state index in [4.69, 9.17) is 4.74 Å². The molecule has 232 valence electrons. The standard InChI is InChI=1S/C36H41FN2O5/c37-32-18-16-28(17-19-32)22-31-15-9-3-8-14-30(24-34(41)39(20-21-40)25-29-12-6-2-7-13-29)35(42)38-33(26-44-36(31)43)23-27-10-4-1-5-11-27/h1-8,10-13,16-19,30-31,33,40H,9,14-15,20-26H2,(H,38,42)/b8-3+/t30-,31-,33+/m0/s1. The van der Waals surface area contributed by atoms with Gasteiger partial charge < -0.3 is 20.1 Å². The molecule has 0 spiro atoms. The Morgan fingerprint density at radius 1 is 0.864 bits per heavy atom. The average molecular weight is 601 g/mol. The van der Waals surface area contributed by atoms with Crippen molar-refractivity contribution in [2.75, 3.05) is 19.8 Å². The van der Waals surface area contributed by atoms with E-state index >= 15 is 0 Å². The molecule has 7 nitrogen and oxygen atoms in total. The number of rotatable bonds is 10. The highest BCUT2D eigenvalue weighted by molar-refractivity contribution is 5.86. The third-order valence-corrected chi connectivity index (χ3v) is 7.83. The average Bonchev–Trinajstić information content (AvgIpc) is 3.04. The van der Waals surface area contributed by atoms with E-state index in [2.05, 4.69) is 5.32 Å². The Balaban J connectivity index is 1.52. The Morgan fingerprint density at radius 3 is 2.20 bits per heavy atom. The predicted octanol–water partition coefficient (Wildman–Crippen LogP) is 5.02. The highest BCUT2D eigenvalue weighted by atomic mass is 19.1. The van der Waals surface area contributed by atoms with Crippen LogP contribution in [0.4, 0.5) is 4.39 Å². The minimum absolute atomic E-state index is 0.0157. The Morgan fingerprint density at radius 2 is 1.52 bits per heavy atom. The minimum atomic E-state index is -0.638. The van der Waals surface area contributed by atoms with E-state index in [1.165, 1.54) is 12.1 Å². The maximum Gasteiger partial charge on any atom is 0.309 e. The lowest BCUT2D eigenvalue weighted by Gasteiger charge is -2.26. The summed E-state index contributed by atoms with van der Waals surface area (Å²) < 4.78 is 19.3. The van der Waals surface area contributed by atoms with Crippen LogP contribution in [0.25, 0.3) is 0 Å². The second-order valence-corrected chi connectivity index (χ2v) is 11.3. The molecular weight excluding hydrogens is 559 g/mol. The highest BCUT2D eigenvalue weighted by Gasteiger charge is 2.28. The lowest BCUT2D eigenvalue weighted by Crippen LogP contribution is -2.45. The number of ether oxygens (including phenoxy) is 1. The van der Waals surface area contributed by atoms with Crippen molar-refractivity contribution in [3.63, 3.8) is 0 Å². The third-order valence-electron chi connectivity index (χ3n) is 7.83. The van der Waals surface area contributed by atoms with Crippen LogP contribution in [-0.2, 0) is 38.5 Å². The van der Waals surface area contributed by atoms with Crippen LogP contribution in [-0.4, -0.2) is 53.6 Å². The number of aliphatic hydroxyl groups excluding tert-OH is 1. The van der Waals surface area contributed by atoms with Crippen molar-refractivity contribution in [3.05, 3.63) is 120 Å². The van der Waals surface area contributed by atoms with Crippen molar-refractivity contribution in [1.82, 2.24) is 10.2 Å². The number of carbonyl (C=O) groups is 3. The van der Waals surface area contributed by atoms with Crippen LogP contribution in [0.2, 0.25) is 0 Å². The summed E-state index contributed by atoms with van der Waals surface area (Å²) in [5, 5.41) is 12.7. The monoisotopic (exact) mass is 600 g/mol. The van der Waals surface area contributed by atoms with Crippen molar-refractivity contribution in [3.8, 4) is 0 Å². The first kappa shape index (κ1) is 32.6. The van der Waals surface area contributed by atoms with Gasteiger partial charge in [0.1, 0.15) is 12.4 Å². The summed E-state index contributed by atoms with van der Waals surface area (Å²) >= 11 is 0. The largest absolute Gasteiger partial charge is 0.463 e. The topological polar surface area (TPSA) is 95.9 Å². The molecule has 1 aliphatic rings. The summed E-state index contributed by atoms with van der Waals surface area (Å²) in [6.07, 6.45) is 6.15. The molecule has 0 bridgehead atoms. The Hall–Kier alpha value is -4.30. The van der Waals surface area contributed by atoms with E-state index in [1.54, 1.807) is 17.0 Å². The van der Waals surface area contributed by atoms with Gasteiger partial charge in [-0.15, -0.1) is 0 Å². The molecule has 0 unspecified atom stereocenters. The summed E-state index contributed by atoms with van der Waals surface area (Å²) in [5.41, 5.74) is 2.76. The van der Waals surface area contributed by atoms with Crippen molar-refractivity contribution >= 4 is 17.8 Å². The molecule has 3 aromatic rings. The van der Waals surface area contributed by atoms with Gasteiger partial charge in [-0.05, 0) is 60.9 Å². The Labute approximate surface area is 258 Å². The summed E-state index contributed by atoms with van der Waals surface area (Å²) in [7, 11) is 0. The van der Waals surface area contributed by atoms with Crippen LogP contribution in [0, 0.1) is 17.7 Å². The van der Waals surface area contributed by atoms with Crippen LogP contribution in [0.1, 0.15) is 42.4 Å². The van der Waals surface area contributed by atoms with Gasteiger partial charge >= 0.3 is 5.97 Å². The van der Waals surface area contributed by atoms with Gasteiger partial charge in [0.2, 0.25) is 11.8 Å². The number of nitrogens with one attached hydrogen (secondary N) is 1. The number of halogens is 1. The van der Waals surface area contributed by atoms with Crippen LogP contribution >= 0.6 is 0 Å². The molecule has 1 heterocycles. The molecule has 0 saturated heterocycles. The molecule has 4 rings (SSSR count). The Bertz CT molecular complexity index is 1360. The van der Waals surface area contributed by atoms with Crippen molar-refractivity contribution in [2.45, 2.75) is 51.1 Å². The summed E-state index contributed by atoms with van der Waals surface area (Å²) in [6, 6.07) is 24.8. The second kappa shape index (κ2) is 17.1. The van der Waals surface area contributed by atoms with Gasteiger partial charge in [0.05, 0.1) is 24.5 Å². The first-order valence-electron chi connectivity index (χ1n) is 15.2.